The third-order valence-electron chi connectivity index (χ3n) is 4.30. The first kappa shape index (κ1) is 11.0. The van der Waals surface area contributed by atoms with Gasteiger partial charge < -0.3 is 4.48 Å². The van der Waals surface area contributed by atoms with Crippen molar-refractivity contribution < 1.29 is 4.48 Å². The second kappa shape index (κ2) is 4.45. The van der Waals surface area contributed by atoms with Gasteiger partial charge in [-0.05, 0) is 26.7 Å². The van der Waals surface area contributed by atoms with E-state index in [0.29, 0.717) is 0 Å². The molecule has 1 nitrogen and oxygen atoms in total. The maximum Gasteiger partial charge on any atom is 0.0819 e. The summed E-state index contributed by atoms with van der Waals surface area (Å²) in [7, 11) is 0. The Bertz CT molecular complexity index is 135. The molecule has 0 spiro atoms. The number of rotatable bonds is 4. The number of hydrogen-bond donors (Lipinski definition) is 0. The van der Waals surface area contributed by atoms with Crippen LogP contribution < -0.4 is 0 Å². The topological polar surface area (TPSA) is 0 Å². The Balaban J connectivity index is 2.65. The summed E-state index contributed by atoms with van der Waals surface area (Å²) >= 11 is 0. The van der Waals surface area contributed by atoms with Crippen LogP contribution in [0.5, 0.6) is 0 Å². The highest BCUT2D eigenvalue weighted by Crippen LogP contribution is 2.33. The van der Waals surface area contributed by atoms with Crippen LogP contribution in [-0.2, 0) is 0 Å². The van der Waals surface area contributed by atoms with Crippen molar-refractivity contribution >= 4 is 0 Å². The van der Waals surface area contributed by atoms with Gasteiger partial charge in [0.05, 0.1) is 26.2 Å². The summed E-state index contributed by atoms with van der Waals surface area (Å²) < 4.78 is 1.39. The number of likely N-dealkylation sites (tertiary alicyclic amines) is 1. The minimum Gasteiger partial charge on any atom is -0.324 e. The highest BCUT2D eigenvalue weighted by atomic mass is 15.4. The first-order valence-electron chi connectivity index (χ1n) is 6.06. The highest BCUT2D eigenvalue weighted by Gasteiger charge is 2.40. The molecular weight excluding hydrogens is 158 g/mol. The summed E-state index contributed by atoms with van der Waals surface area (Å²) in [5.74, 6) is 2.01. The standard InChI is InChI=1S/C12H26N/c1-5-11-9-13(7-3,8-4)10-12(11)6-2/h11-12H,5-10H2,1-4H3/q+1. The van der Waals surface area contributed by atoms with Gasteiger partial charge in [-0.1, -0.05) is 13.8 Å². The molecule has 0 N–H and O–H groups in total. The highest BCUT2D eigenvalue weighted by molar-refractivity contribution is 4.74. The van der Waals surface area contributed by atoms with Crippen molar-refractivity contribution in [3.63, 3.8) is 0 Å². The summed E-state index contributed by atoms with van der Waals surface area (Å²) in [4.78, 5) is 0. The maximum atomic E-state index is 2.36. The number of quaternary nitrogens is 1. The van der Waals surface area contributed by atoms with Crippen molar-refractivity contribution in [1.82, 2.24) is 0 Å². The van der Waals surface area contributed by atoms with Gasteiger partial charge in [0.15, 0.2) is 0 Å². The third-order valence-corrected chi connectivity index (χ3v) is 4.30. The lowest BCUT2D eigenvalue weighted by Crippen LogP contribution is -2.45. The fraction of sp³-hybridized carbons (Fsp3) is 1.00. The van der Waals surface area contributed by atoms with E-state index < -0.39 is 0 Å². The largest absolute Gasteiger partial charge is 0.324 e. The lowest BCUT2D eigenvalue weighted by molar-refractivity contribution is -0.916. The Kier molecular flexibility index (Phi) is 3.78. The second-order valence-corrected chi connectivity index (χ2v) is 4.68. The van der Waals surface area contributed by atoms with Crippen molar-refractivity contribution in [2.75, 3.05) is 26.2 Å². The quantitative estimate of drug-likeness (QED) is 0.589. The minimum absolute atomic E-state index is 1.00. The van der Waals surface area contributed by atoms with Crippen LogP contribution in [-0.4, -0.2) is 30.7 Å². The maximum absolute atomic E-state index is 2.36. The molecule has 0 aromatic rings. The lowest BCUT2D eigenvalue weighted by atomic mass is 9.92. The van der Waals surface area contributed by atoms with E-state index in [0.717, 1.165) is 11.8 Å². The van der Waals surface area contributed by atoms with E-state index in [-0.39, 0.29) is 0 Å². The molecule has 1 aliphatic heterocycles. The van der Waals surface area contributed by atoms with Gasteiger partial charge in [0, 0.05) is 11.8 Å². The van der Waals surface area contributed by atoms with Gasteiger partial charge in [-0.25, -0.2) is 0 Å². The van der Waals surface area contributed by atoms with Crippen LogP contribution in [0.4, 0.5) is 0 Å². The molecule has 13 heavy (non-hydrogen) atoms. The SMILES string of the molecule is CCC1C[N+](CC)(CC)CC1CC. The van der Waals surface area contributed by atoms with Crippen LogP contribution >= 0.6 is 0 Å². The summed E-state index contributed by atoms with van der Waals surface area (Å²) in [6, 6.07) is 0. The Hall–Kier alpha value is -0.0400. The van der Waals surface area contributed by atoms with E-state index in [1.165, 1.54) is 43.5 Å². The number of hydrogen-bond acceptors (Lipinski definition) is 0. The van der Waals surface area contributed by atoms with Crippen LogP contribution in [0.2, 0.25) is 0 Å². The van der Waals surface area contributed by atoms with Crippen molar-refractivity contribution in [2.45, 2.75) is 40.5 Å². The Morgan fingerprint density at radius 1 is 0.846 bits per heavy atom. The zero-order valence-electron chi connectivity index (χ0n) is 9.84. The molecule has 1 heteroatoms. The molecule has 2 unspecified atom stereocenters. The molecular formula is C12H26N+. The van der Waals surface area contributed by atoms with Crippen LogP contribution in [0.3, 0.4) is 0 Å². The van der Waals surface area contributed by atoms with Gasteiger partial charge in [0.2, 0.25) is 0 Å². The summed E-state index contributed by atoms with van der Waals surface area (Å²) in [5, 5.41) is 0. The van der Waals surface area contributed by atoms with E-state index in [4.69, 9.17) is 0 Å². The molecule has 0 aliphatic carbocycles. The molecule has 78 valence electrons. The van der Waals surface area contributed by atoms with Crippen molar-refractivity contribution in [1.29, 1.82) is 0 Å². The predicted octanol–water partition coefficient (Wildman–Crippen LogP) is 2.91. The monoisotopic (exact) mass is 184 g/mol. The fourth-order valence-electron chi connectivity index (χ4n) is 3.03. The van der Waals surface area contributed by atoms with Crippen molar-refractivity contribution in [3.8, 4) is 0 Å². The van der Waals surface area contributed by atoms with Crippen LogP contribution in [0.1, 0.15) is 40.5 Å². The molecule has 0 saturated carbocycles. The summed E-state index contributed by atoms with van der Waals surface area (Å²) in [6.45, 7) is 15.0. The molecule has 0 radical (unpaired) electrons. The van der Waals surface area contributed by atoms with Gasteiger partial charge in [-0.3, -0.25) is 0 Å². The average Bonchev–Trinajstić information content (AvgIpc) is 2.57. The second-order valence-electron chi connectivity index (χ2n) is 4.68. The first-order chi connectivity index (χ1) is 6.21. The Morgan fingerprint density at radius 2 is 1.23 bits per heavy atom. The van der Waals surface area contributed by atoms with Crippen molar-refractivity contribution in [2.24, 2.45) is 11.8 Å². The molecule has 1 heterocycles. The predicted molar refractivity (Wildman–Crippen MR) is 58.6 cm³/mol. The first-order valence-corrected chi connectivity index (χ1v) is 6.06. The molecule has 1 fully saturated rings. The molecule has 0 bridgehead atoms. The summed E-state index contributed by atoms with van der Waals surface area (Å²) in [5.41, 5.74) is 0. The fourth-order valence-corrected chi connectivity index (χ4v) is 3.03. The van der Waals surface area contributed by atoms with Gasteiger partial charge in [0.25, 0.3) is 0 Å². The van der Waals surface area contributed by atoms with E-state index in [9.17, 15) is 0 Å². The normalized spacial score (nSPS) is 32.3. The lowest BCUT2D eigenvalue weighted by Gasteiger charge is -2.32. The molecule has 1 aliphatic rings. The molecule has 0 aromatic heterocycles. The number of nitrogens with zero attached hydrogens (tertiary/aromatic N) is 1. The molecule has 1 rings (SSSR count). The zero-order valence-corrected chi connectivity index (χ0v) is 9.84. The smallest absolute Gasteiger partial charge is 0.0819 e. The third kappa shape index (κ3) is 2.07. The van der Waals surface area contributed by atoms with Crippen LogP contribution in [0.25, 0.3) is 0 Å². The molecule has 2 atom stereocenters. The average molecular weight is 184 g/mol. The molecule has 1 saturated heterocycles. The zero-order chi connectivity index (χ0) is 9.90. The van der Waals surface area contributed by atoms with E-state index >= 15 is 0 Å². The van der Waals surface area contributed by atoms with Crippen molar-refractivity contribution in [3.05, 3.63) is 0 Å². The Labute approximate surface area is 83.7 Å². The van der Waals surface area contributed by atoms with E-state index in [1.54, 1.807) is 0 Å². The van der Waals surface area contributed by atoms with E-state index in [2.05, 4.69) is 27.7 Å². The van der Waals surface area contributed by atoms with Gasteiger partial charge in [0.1, 0.15) is 0 Å². The van der Waals surface area contributed by atoms with Gasteiger partial charge >= 0.3 is 0 Å². The van der Waals surface area contributed by atoms with Crippen LogP contribution in [0.15, 0.2) is 0 Å². The van der Waals surface area contributed by atoms with Gasteiger partial charge in [-0.2, -0.15) is 0 Å². The summed E-state index contributed by atoms with van der Waals surface area (Å²) in [6.07, 6.45) is 2.77. The molecule has 0 amide bonds. The van der Waals surface area contributed by atoms with Crippen LogP contribution in [0, 0.1) is 11.8 Å². The minimum atomic E-state index is 1.00. The Morgan fingerprint density at radius 3 is 1.46 bits per heavy atom. The molecule has 0 aromatic carbocycles. The van der Waals surface area contributed by atoms with Gasteiger partial charge in [-0.15, -0.1) is 0 Å². The van der Waals surface area contributed by atoms with E-state index in [1.807, 2.05) is 0 Å².